The number of fused-ring (bicyclic) bond motifs is 1. The number of halogens is 1. The standard InChI is InChI=1S/C24H31ClN2O5/c1-5-6-7-8-9-16-13-31-22-19(25)11-17(15(3)21(22)32-16)23(28)26-12-18-20(30-4)10-14(2)27-24(18)29/h10-11,16H,5-9,12-13H2,1-4H3,(H,26,28)(H,27,29). The van der Waals surface area contributed by atoms with E-state index in [2.05, 4.69) is 17.2 Å². The van der Waals surface area contributed by atoms with Gasteiger partial charge in [0.1, 0.15) is 18.5 Å². The van der Waals surface area contributed by atoms with Gasteiger partial charge in [-0.1, -0.05) is 37.8 Å². The van der Waals surface area contributed by atoms with E-state index in [1.165, 1.54) is 20.0 Å². The van der Waals surface area contributed by atoms with Gasteiger partial charge in [-0.3, -0.25) is 9.59 Å². The Bertz CT molecular complexity index is 1030. The van der Waals surface area contributed by atoms with E-state index in [-0.39, 0.29) is 24.1 Å². The zero-order valence-corrected chi connectivity index (χ0v) is 19.9. The second-order valence-corrected chi connectivity index (χ2v) is 8.51. The van der Waals surface area contributed by atoms with E-state index in [9.17, 15) is 9.59 Å². The van der Waals surface area contributed by atoms with Gasteiger partial charge in [0.15, 0.2) is 11.5 Å². The molecular formula is C24H31ClN2O5. The van der Waals surface area contributed by atoms with Crippen LogP contribution in [-0.2, 0) is 6.54 Å². The lowest BCUT2D eigenvalue weighted by atomic mass is 10.0. The molecule has 7 nitrogen and oxygen atoms in total. The Morgan fingerprint density at radius 2 is 2.03 bits per heavy atom. The second kappa shape index (κ2) is 10.8. The summed E-state index contributed by atoms with van der Waals surface area (Å²) in [4.78, 5) is 28.0. The summed E-state index contributed by atoms with van der Waals surface area (Å²) in [5.74, 6) is 1.06. The molecule has 1 amide bonds. The van der Waals surface area contributed by atoms with Crippen LogP contribution in [0.1, 0.15) is 66.2 Å². The number of aromatic amines is 1. The van der Waals surface area contributed by atoms with Crippen molar-refractivity contribution < 1.29 is 19.0 Å². The molecule has 0 spiro atoms. The highest BCUT2D eigenvalue weighted by atomic mass is 35.5. The Kier molecular flexibility index (Phi) is 8.07. The van der Waals surface area contributed by atoms with E-state index in [1.54, 1.807) is 19.1 Å². The van der Waals surface area contributed by atoms with Crippen LogP contribution in [0.5, 0.6) is 17.2 Å². The number of carbonyl (C=O) groups is 1. The zero-order chi connectivity index (χ0) is 23.3. The van der Waals surface area contributed by atoms with Crippen LogP contribution in [0.3, 0.4) is 0 Å². The van der Waals surface area contributed by atoms with E-state index in [4.69, 9.17) is 25.8 Å². The van der Waals surface area contributed by atoms with Crippen molar-refractivity contribution in [2.75, 3.05) is 13.7 Å². The second-order valence-electron chi connectivity index (χ2n) is 8.10. The molecule has 0 fully saturated rings. The summed E-state index contributed by atoms with van der Waals surface area (Å²) >= 11 is 6.40. The lowest BCUT2D eigenvalue weighted by molar-refractivity contribution is 0.0812. The van der Waals surface area contributed by atoms with E-state index in [0.29, 0.717) is 51.3 Å². The number of hydrogen-bond acceptors (Lipinski definition) is 5. The number of aromatic nitrogens is 1. The molecule has 1 aliphatic rings. The summed E-state index contributed by atoms with van der Waals surface area (Å²) in [6, 6.07) is 3.29. The monoisotopic (exact) mass is 462 g/mol. The first-order valence-electron chi connectivity index (χ1n) is 11.0. The molecule has 1 unspecified atom stereocenters. The fourth-order valence-corrected chi connectivity index (χ4v) is 4.08. The minimum absolute atomic E-state index is 0.0170. The molecule has 174 valence electrons. The molecule has 3 rings (SSSR count). The Balaban J connectivity index is 1.76. The number of carbonyl (C=O) groups excluding carboxylic acids is 1. The van der Waals surface area contributed by atoms with Crippen LogP contribution in [-0.4, -0.2) is 30.7 Å². The van der Waals surface area contributed by atoms with Crippen LogP contribution in [0.2, 0.25) is 5.02 Å². The third-order valence-corrected chi connectivity index (χ3v) is 5.92. The smallest absolute Gasteiger partial charge is 0.256 e. The van der Waals surface area contributed by atoms with Crippen LogP contribution in [0.25, 0.3) is 0 Å². The molecule has 2 heterocycles. The van der Waals surface area contributed by atoms with Crippen LogP contribution >= 0.6 is 11.6 Å². The largest absolute Gasteiger partial charge is 0.496 e. The number of nitrogens with one attached hydrogen (secondary N) is 2. The van der Waals surface area contributed by atoms with Gasteiger partial charge in [-0.2, -0.15) is 0 Å². The molecular weight excluding hydrogens is 432 g/mol. The predicted octanol–water partition coefficient (Wildman–Crippen LogP) is 4.69. The predicted molar refractivity (Wildman–Crippen MR) is 124 cm³/mol. The molecule has 0 aliphatic carbocycles. The zero-order valence-electron chi connectivity index (χ0n) is 19.1. The number of amides is 1. The van der Waals surface area contributed by atoms with E-state index in [1.807, 2.05) is 6.92 Å². The number of benzene rings is 1. The number of hydrogen-bond donors (Lipinski definition) is 2. The SMILES string of the molecule is CCCCCCC1COc2c(Cl)cc(C(=O)NCc3c(OC)cc(C)[nH]c3=O)c(C)c2O1. The summed E-state index contributed by atoms with van der Waals surface area (Å²) in [6.07, 6.45) is 5.43. The minimum Gasteiger partial charge on any atom is -0.496 e. The van der Waals surface area contributed by atoms with E-state index < -0.39 is 0 Å². The van der Waals surface area contributed by atoms with E-state index in [0.717, 1.165) is 19.3 Å². The van der Waals surface area contributed by atoms with Crippen LogP contribution in [0.15, 0.2) is 16.9 Å². The highest BCUT2D eigenvalue weighted by molar-refractivity contribution is 6.32. The van der Waals surface area contributed by atoms with Crippen LogP contribution in [0.4, 0.5) is 0 Å². The number of ether oxygens (including phenoxy) is 3. The maximum atomic E-state index is 13.0. The van der Waals surface area contributed by atoms with Crippen molar-refractivity contribution in [3.8, 4) is 17.2 Å². The molecule has 0 bridgehead atoms. The maximum absolute atomic E-state index is 13.0. The molecule has 8 heteroatoms. The van der Waals surface area contributed by atoms with E-state index >= 15 is 0 Å². The minimum atomic E-state index is -0.358. The fraction of sp³-hybridized carbons (Fsp3) is 0.500. The van der Waals surface area contributed by atoms with Gasteiger partial charge in [-0.25, -0.2) is 0 Å². The summed E-state index contributed by atoms with van der Waals surface area (Å²) in [5, 5.41) is 3.12. The average Bonchev–Trinajstić information content (AvgIpc) is 2.77. The highest BCUT2D eigenvalue weighted by Crippen LogP contribution is 2.43. The Labute approximate surface area is 193 Å². The molecule has 0 radical (unpaired) electrons. The number of aryl methyl sites for hydroxylation is 1. The van der Waals surface area contributed by atoms with Gasteiger partial charge in [0.05, 0.1) is 24.2 Å². The third kappa shape index (κ3) is 5.38. The van der Waals surface area contributed by atoms with Crippen molar-refractivity contribution in [3.63, 3.8) is 0 Å². The molecule has 32 heavy (non-hydrogen) atoms. The molecule has 2 N–H and O–H groups in total. The van der Waals surface area contributed by atoms with Crippen LogP contribution in [0, 0.1) is 13.8 Å². The maximum Gasteiger partial charge on any atom is 0.256 e. The van der Waals surface area contributed by atoms with Gasteiger partial charge >= 0.3 is 0 Å². The topological polar surface area (TPSA) is 89.7 Å². The molecule has 2 aromatic rings. The molecule has 0 saturated carbocycles. The third-order valence-electron chi connectivity index (χ3n) is 5.64. The van der Waals surface area contributed by atoms with Gasteiger partial charge in [0.2, 0.25) is 0 Å². The van der Waals surface area contributed by atoms with Crippen molar-refractivity contribution in [1.82, 2.24) is 10.3 Å². The number of unbranched alkanes of at least 4 members (excludes halogenated alkanes) is 3. The molecule has 0 saturated heterocycles. The van der Waals surface area contributed by atoms with Crippen molar-refractivity contribution in [1.29, 1.82) is 0 Å². The first kappa shape index (κ1) is 24.0. The van der Waals surface area contributed by atoms with Gasteiger partial charge in [-0.15, -0.1) is 0 Å². The highest BCUT2D eigenvalue weighted by Gasteiger charge is 2.28. The lowest BCUT2D eigenvalue weighted by Crippen LogP contribution is -2.31. The Morgan fingerprint density at radius 3 is 2.75 bits per heavy atom. The van der Waals surface area contributed by atoms with Crippen molar-refractivity contribution in [2.45, 2.75) is 65.5 Å². The Hall–Kier alpha value is -2.67. The average molecular weight is 463 g/mol. The summed E-state index contributed by atoms with van der Waals surface area (Å²) in [6.45, 7) is 6.22. The van der Waals surface area contributed by atoms with Crippen molar-refractivity contribution in [3.05, 3.63) is 49.9 Å². The van der Waals surface area contributed by atoms with Gasteiger partial charge in [0, 0.05) is 16.8 Å². The van der Waals surface area contributed by atoms with Crippen LogP contribution < -0.4 is 25.1 Å². The summed E-state index contributed by atoms with van der Waals surface area (Å²) in [7, 11) is 1.49. The summed E-state index contributed by atoms with van der Waals surface area (Å²) in [5.41, 5.74) is 1.77. The lowest BCUT2D eigenvalue weighted by Gasteiger charge is -2.29. The fourth-order valence-electron chi connectivity index (χ4n) is 3.83. The molecule has 1 aromatic carbocycles. The molecule has 1 atom stereocenters. The van der Waals surface area contributed by atoms with Gasteiger partial charge < -0.3 is 24.5 Å². The summed E-state index contributed by atoms with van der Waals surface area (Å²) < 4.78 is 17.3. The first-order chi connectivity index (χ1) is 15.3. The van der Waals surface area contributed by atoms with Crippen molar-refractivity contribution >= 4 is 17.5 Å². The normalized spacial score (nSPS) is 14.8. The molecule has 1 aromatic heterocycles. The number of rotatable bonds is 9. The van der Waals surface area contributed by atoms with Gasteiger partial charge in [0.25, 0.3) is 11.5 Å². The number of methoxy groups -OCH3 is 1. The van der Waals surface area contributed by atoms with Gasteiger partial charge in [-0.05, 0) is 38.8 Å². The number of H-pyrrole nitrogens is 1. The first-order valence-corrected chi connectivity index (χ1v) is 11.4. The van der Waals surface area contributed by atoms with Crippen molar-refractivity contribution in [2.24, 2.45) is 0 Å². The quantitative estimate of drug-likeness (QED) is 0.527. The molecule has 1 aliphatic heterocycles. The number of pyridine rings is 1. The Morgan fingerprint density at radius 1 is 1.25 bits per heavy atom.